The highest BCUT2D eigenvalue weighted by molar-refractivity contribution is 5.84. The maximum atomic E-state index is 11.8. The second-order valence-electron chi connectivity index (χ2n) is 5.63. The van der Waals surface area contributed by atoms with Crippen molar-refractivity contribution in [1.82, 2.24) is 10.6 Å². The van der Waals surface area contributed by atoms with E-state index in [1.165, 1.54) is 0 Å². The molecule has 0 aliphatic heterocycles. The van der Waals surface area contributed by atoms with E-state index < -0.39 is 0 Å². The molecular formula is C19H24N2O5. The molecule has 0 bridgehead atoms. The summed E-state index contributed by atoms with van der Waals surface area (Å²) in [6.07, 6.45) is 2.95. The lowest BCUT2D eigenvalue weighted by Crippen LogP contribution is -2.37. The number of carbonyl (C=O) groups is 2. The molecule has 0 aliphatic carbocycles. The summed E-state index contributed by atoms with van der Waals surface area (Å²) < 4.78 is 15.7. The number of aryl methyl sites for hydroxylation is 1. The zero-order chi connectivity index (χ0) is 18.8. The van der Waals surface area contributed by atoms with Gasteiger partial charge in [0.2, 0.25) is 11.8 Å². The van der Waals surface area contributed by atoms with Gasteiger partial charge >= 0.3 is 0 Å². The Labute approximate surface area is 152 Å². The smallest absolute Gasteiger partial charge is 0.239 e. The molecule has 1 aromatic heterocycles. The Morgan fingerprint density at radius 1 is 1.04 bits per heavy atom. The summed E-state index contributed by atoms with van der Waals surface area (Å²) in [7, 11) is 3.20. The molecule has 0 radical (unpaired) electrons. The van der Waals surface area contributed by atoms with E-state index in [4.69, 9.17) is 13.9 Å². The number of hydrogen-bond acceptors (Lipinski definition) is 5. The van der Waals surface area contributed by atoms with Crippen LogP contribution in [0.25, 0.3) is 0 Å². The van der Waals surface area contributed by atoms with Crippen LogP contribution in [0.3, 0.4) is 0 Å². The average molecular weight is 360 g/mol. The van der Waals surface area contributed by atoms with E-state index in [0.29, 0.717) is 19.4 Å². The molecule has 0 fully saturated rings. The Kier molecular flexibility index (Phi) is 7.54. The summed E-state index contributed by atoms with van der Waals surface area (Å²) in [6.45, 7) is 0.386. The molecule has 7 heteroatoms. The molecule has 2 aromatic rings. The van der Waals surface area contributed by atoms with E-state index in [-0.39, 0.29) is 24.8 Å². The minimum absolute atomic E-state index is 0.0494. The first-order valence-electron chi connectivity index (χ1n) is 8.39. The van der Waals surface area contributed by atoms with Crippen molar-refractivity contribution < 1.29 is 23.5 Å². The van der Waals surface area contributed by atoms with Crippen molar-refractivity contribution in [3.63, 3.8) is 0 Å². The highest BCUT2D eigenvalue weighted by Gasteiger charge is 2.08. The molecule has 0 spiro atoms. The van der Waals surface area contributed by atoms with E-state index in [2.05, 4.69) is 10.6 Å². The Bertz CT molecular complexity index is 713. The van der Waals surface area contributed by atoms with Gasteiger partial charge in [-0.05, 0) is 42.3 Å². The molecule has 0 saturated heterocycles. The third-order valence-corrected chi connectivity index (χ3v) is 3.83. The summed E-state index contributed by atoms with van der Waals surface area (Å²) >= 11 is 0. The first kappa shape index (κ1) is 19.4. The third-order valence-electron chi connectivity index (χ3n) is 3.83. The monoisotopic (exact) mass is 360 g/mol. The van der Waals surface area contributed by atoms with Gasteiger partial charge in [0.1, 0.15) is 17.3 Å². The zero-order valence-electron chi connectivity index (χ0n) is 15.0. The highest BCUT2D eigenvalue weighted by Crippen LogP contribution is 2.24. The Balaban J connectivity index is 1.68. The molecule has 2 rings (SSSR count). The van der Waals surface area contributed by atoms with Crippen LogP contribution in [0.5, 0.6) is 11.5 Å². The second kappa shape index (κ2) is 10.1. The van der Waals surface area contributed by atoms with Crippen LogP contribution in [-0.2, 0) is 22.4 Å². The van der Waals surface area contributed by atoms with Crippen molar-refractivity contribution in [3.8, 4) is 11.5 Å². The number of furan rings is 1. The molecule has 7 nitrogen and oxygen atoms in total. The van der Waals surface area contributed by atoms with Crippen molar-refractivity contribution in [2.75, 3.05) is 27.3 Å². The lowest BCUT2D eigenvalue weighted by molar-refractivity contribution is -0.126. The molecule has 2 N–H and O–H groups in total. The summed E-state index contributed by atoms with van der Waals surface area (Å²) in [4.78, 5) is 23.6. The first-order valence-corrected chi connectivity index (χ1v) is 8.39. The standard InChI is InChI=1S/C19H24N2O5/c1-24-16-5-7-17(25-2)14(12-16)9-10-20-19(23)13-21-18(22)8-6-15-4-3-11-26-15/h3-5,7,11-12H,6,8-10,13H2,1-2H3,(H,20,23)(H,21,22). The predicted molar refractivity (Wildman–Crippen MR) is 96.3 cm³/mol. The van der Waals surface area contributed by atoms with Crippen molar-refractivity contribution in [3.05, 3.63) is 47.9 Å². The first-order chi connectivity index (χ1) is 12.6. The van der Waals surface area contributed by atoms with E-state index >= 15 is 0 Å². The Morgan fingerprint density at radius 2 is 1.88 bits per heavy atom. The molecule has 26 heavy (non-hydrogen) atoms. The number of hydrogen-bond donors (Lipinski definition) is 2. The summed E-state index contributed by atoms with van der Waals surface area (Å²) in [5.74, 6) is 1.79. The van der Waals surface area contributed by atoms with Gasteiger partial charge < -0.3 is 24.5 Å². The molecule has 0 unspecified atom stereocenters. The zero-order valence-corrected chi connectivity index (χ0v) is 15.0. The van der Waals surface area contributed by atoms with Crippen LogP contribution in [0, 0.1) is 0 Å². The van der Waals surface area contributed by atoms with E-state index in [0.717, 1.165) is 22.8 Å². The van der Waals surface area contributed by atoms with E-state index in [1.807, 2.05) is 24.3 Å². The lowest BCUT2D eigenvalue weighted by atomic mass is 10.1. The Hall–Kier alpha value is -2.96. The fourth-order valence-electron chi connectivity index (χ4n) is 2.44. The highest BCUT2D eigenvalue weighted by atomic mass is 16.5. The van der Waals surface area contributed by atoms with Crippen LogP contribution in [0.15, 0.2) is 41.0 Å². The van der Waals surface area contributed by atoms with Crippen LogP contribution >= 0.6 is 0 Å². The van der Waals surface area contributed by atoms with Gasteiger partial charge in [-0.3, -0.25) is 9.59 Å². The quantitative estimate of drug-likeness (QED) is 0.673. The lowest BCUT2D eigenvalue weighted by Gasteiger charge is -2.11. The number of amides is 2. The van der Waals surface area contributed by atoms with Crippen LogP contribution < -0.4 is 20.1 Å². The van der Waals surface area contributed by atoms with Crippen LogP contribution in [0.2, 0.25) is 0 Å². The van der Waals surface area contributed by atoms with Crippen molar-refractivity contribution >= 4 is 11.8 Å². The van der Waals surface area contributed by atoms with Gasteiger partial charge in [0.15, 0.2) is 0 Å². The Morgan fingerprint density at radius 3 is 2.58 bits per heavy atom. The number of benzene rings is 1. The van der Waals surface area contributed by atoms with Gasteiger partial charge in [-0.25, -0.2) is 0 Å². The van der Waals surface area contributed by atoms with Crippen LogP contribution in [0.1, 0.15) is 17.7 Å². The third kappa shape index (κ3) is 6.16. The minimum atomic E-state index is -0.238. The molecule has 2 amide bonds. The van der Waals surface area contributed by atoms with Gasteiger partial charge in [-0.1, -0.05) is 0 Å². The van der Waals surface area contributed by atoms with Crippen LogP contribution in [0.4, 0.5) is 0 Å². The van der Waals surface area contributed by atoms with Crippen molar-refractivity contribution in [2.24, 2.45) is 0 Å². The number of ether oxygens (including phenoxy) is 2. The topological polar surface area (TPSA) is 89.8 Å². The van der Waals surface area contributed by atoms with E-state index in [9.17, 15) is 9.59 Å². The second-order valence-corrected chi connectivity index (χ2v) is 5.63. The number of nitrogens with one attached hydrogen (secondary N) is 2. The SMILES string of the molecule is COc1ccc(OC)c(CCNC(=O)CNC(=O)CCc2ccco2)c1. The maximum absolute atomic E-state index is 11.8. The summed E-state index contributed by atoms with van der Waals surface area (Å²) in [5, 5.41) is 5.37. The molecule has 0 saturated carbocycles. The maximum Gasteiger partial charge on any atom is 0.239 e. The predicted octanol–water partition coefficient (Wildman–Crippen LogP) is 1.70. The molecule has 0 aliphatic rings. The van der Waals surface area contributed by atoms with Gasteiger partial charge in [0.25, 0.3) is 0 Å². The fraction of sp³-hybridized carbons (Fsp3) is 0.368. The average Bonchev–Trinajstić information content (AvgIpc) is 3.18. The van der Waals surface area contributed by atoms with Gasteiger partial charge in [-0.15, -0.1) is 0 Å². The van der Waals surface area contributed by atoms with Crippen molar-refractivity contribution in [2.45, 2.75) is 19.3 Å². The molecule has 1 heterocycles. The minimum Gasteiger partial charge on any atom is -0.497 e. The molecule has 0 atom stereocenters. The summed E-state index contributed by atoms with van der Waals surface area (Å²) in [6, 6.07) is 9.11. The van der Waals surface area contributed by atoms with Gasteiger partial charge in [0, 0.05) is 19.4 Å². The van der Waals surface area contributed by atoms with Crippen LogP contribution in [-0.4, -0.2) is 39.1 Å². The van der Waals surface area contributed by atoms with Gasteiger partial charge in [-0.2, -0.15) is 0 Å². The fourth-order valence-corrected chi connectivity index (χ4v) is 2.44. The molecular weight excluding hydrogens is 336 g/mol. The normalized spacial score (nSPS) is 10.2. The largest absolute Gasteiger partial charge is 0.497 e. The van der Waals surface area contributed by atoms with E-state index in [1.54, 1.807) is 26.5 Å². The number of rotatable bonds is 10. The van der Waals surface area contributed by atoms with Crippen molar-refractivity contribution in [1.29, 1.82) is 0 Å². The van der Waals surface area contributed by atoms with Gasteiger partial charge in [0.05, 0.1) is 27.0 Å². The number of carbonyl (C=O) groups excluding carboxylic acids is 2. The molecule has 140 valence electrons. The molecule has 1 aromatic carbocycles. The number of methoxy groups -OCH3 is 2. The summed E-state index contributed by atoms with van der Waals surface area (Å²) in [5.41, 5.74) is 0.939.